The highest BCUT2D eigenvalue weighted by atomic mass is 16.6. The van der Waals surface area contributed by atoms with Gasteiger partial charge in [0.15, 0.2) is 0 Å². The SMILES string of the molecule is CCOCC(C)(C)OC(=O)C(CC(C)(C)C)C(C)(C)C. The molecule has 0 amide bonds. The molecule has 20 heavy (non-hydrogen) atoms. The molecule has 0 radical (unpaired) electrons. The molecule has 0 aromatic heterocycles. The van der Waals surface area contributed by atoms with Gasteiger partial charge < -0.3 is 9.47 Å². The van der Waals surface area contributed by atoms with Crippen molar-refractivity contribution in [3.05, 3.63) is 0 Å². The smallest absolute Gasteiger partial charge is 0.310 e. The standard InChI is InChI=1S/C17H34O3/c1-10-19-12-17(8,9)20-14(18)13(16(5,6)7)11-15(2,3)4/h13H,10-12H2,1-9H3. The quantitative estimate of drug-likeness (QED) is 0.677. The molecule has 0 spiro atoms. The molecule has 1 atom stereocenters. The molecule has 0 N–H and O–H groups in total. The van der Waals surface area contributed by atoms with Gasteiger partial charge in [-0.2, -0.15) is 0 Å². The first-order valence-corrected chi connectivity index (χ1v) is 7.59. The van der Waals surface area contributed by atoms with Gasteiger partial charge in [-0.3, -0.25) is 4.79 Å². The van der Waals surface area contributed by atoms with E-state index >= 15 is 0 Å². The average Bonchev–Trinajstić information content (AvgIpc) is 2.19. The molecular weight excluding hydrogens is 252 g/mol. The fourth-order valence-electron chi connectivity index (χ4n) is 2.08. The van der Waals surface area contributed by atoms with Gasteiger partial charge in [-0.15, -0.1) is 0 Å². The molecule has 3 heteroatoms. The zero-order valence-corrected chi connectivity index (χ0v) is 14.9. The third-order valence-corrected chi connectivity index (χ3v) is 3.18. The predicted molar refractivity (Wildman–Crippen MR) is 83.7 cm³/mol. The minimum atomic E-state index is -0.575. The van der Waals surface area contributed by atoms with Gasteiger partial charge in [-0.25, -0.2) is 0 Å². The minimum Gasteiger partial charge on any atom is -0.457 e. The molecule has 0 heterocycles. The van der Waals surface area contributed by atoms with E-state index in [0.717, 1.165) is 6.42 Å². The molecule has 0 bridgehead atoms. The number of hydrogen-bond acceptors (Lipinski definition) is 3. The van der Waals surface area contributed by atoms with Gasteiger partial charge in [0.2, 0.25) is 0 Å². The molecule has 3 nitrogen and oxygen atoms in total. The van der Waals surface area contributed by atoms with Crippen molar-refractivity contribution in [1.82, 2.24) is 0 Å². The molecule has 0 saturated heterocycles. The van der Waals surface area contributed by atoms with Crippen LogP contribution in [0.1, 0.15) is 68.7 Å². The van der Waals surface area contributed by atoms with E-state index in [0.29, 0.717) is 13.2 Å². The lowest BCUT2D eigenvalue weighted by Gasteiger charge is -2.36. The Morgan fingerprint density at radius 2 is 1.50 bits per heavy atom. The largest absolute Gasteiger partial charge is 0.457 e. The number of hydrogen-bond donors (Lipinski definition) is 0. The fraction of sp³-hybridized carbons (Fsp3) is 0.941. The maximum atomic E-state index is 12.6. The highest BCUT2D eigenvalue weighted by Gasteiger charge is 2.38. The number of esters is 1. The molecule has 0 aliphatic carbocycles. The summed E-state index contributed by atoms with van der Waals surface area (Å²) in [6, 6.07) is 0. The second-order valence-corrected chi connectivity index (χ2v) is 8.50. The molecule has 120 valence electrons. The van der Waals surface area contributed by atoms with Crippen LogP contribution in [0.25, 0.3) is 0 Å². The van der Waals surface area contributed by atoms with E-state index in [2.05, 4.69) is 41.5 Å². The van der Waals surface area contributed by atoms with Crippen molar-refractivity contribution in [3.8, 4) is 0 Å². The molecular formula is C17H34O3. The zero-order valence-electron chi connectivity index (χ0n) is 14.9. The Kier molecular flexibility index (Phi) is 6.73. The van der Waals surface area contributed by atoms with Crippen LogP contribution in [0.2, 0.25) is 0 Å². The molecule has 0 aromatic carbocycles. The summed E-state index contributed by atoms with van der Waals surface area (Å²) in [5.41, 5.74) is -0.582. The van der Waals surface area contributed by atoms with E-state index in [9.17, 15) is 4.79 Å². The van der Waals surface area contributed by atoms with Gasteiger partial charge in [0.25, 0.3) is 0 Å². The van der Waals surface area contributed by atoms with Crippen LogP contribution in [0.4, 0.5) is 0 Å². The number of carbonyl (C=O) groups is 1. The van der Waals surface area contributed by atoms with Gasteiger partial charge in [-0.05, 0) is 38.0 Å². The summed E-state index contributed by atoms with van der Waals surface area (Å²) in [4.78, 5) is 12.6. The van der Waals surface area contributed by atoms with Crippen LogP contribution in [0.15, 0.2) is 0 Å². The van der Waals surface area contributed by atoms with Crippen molar-refractivity contribution in [1.29, 1.82) is 0 Å². The minimum absolute atomic E-state index is 0.0982. The van der Waals surface area contributed by atoms with Gasteiger partial charge in [0, 0.05) is 6.61 Å². The van der Waals surface area contributed by atoms with Crippen molar-refractivity contribution >= 4 is 5.97 Å². The monoisotopic (exact) mass is 286 g/mol. The molecule has 0 rings (SSSR count). The molecule has 1 unspecified atom stereocenters. The lowest BCUT2D eigenvalue weighted by atomic mass is 9.72. The Hall–Kier alpha value is -0.570. The fourth-order valence-corrected chi connectivity index (χ4v) is 2.08. The van der Waals surface area contributed by atoms with E-state index in [1.165, 1.54) is 0 Å². The molecule has 0 aromatic rings. The Bertz CT molecular complexity index is 305. The van der Waals surface area contributed by atoms with Crippen LogP contribution >= 0.6 is 0 Å². The number of ether oxygens (including phenoxy) is 2. The first kappa shape index (κ1) is 19.4. The summed E-state index contributed by atoms with van der Waals surface area (Å²) in [5.74, 6) is -0.222. The van der Waals surface area contributed by atoms with E-state index in [-0.39, 0.29) is 22.7 Å². The van der Waals surface area contributed by atoms with E-state index in [1.54, 1.807) is 0 Å². The van der Waals surface area contributed by atoms with E-state index in [1.807, 2.05) is 20.8 Å². The van der Waals surface area contributed by atoms with E-state index in [4.69, 9.17) is 9.47 Å². The second kappa shape index (κ2) is 6.93. The summed E-state index contributed by atoms with van der Waals surface area (Å²) < 4.78 is 11.1. The zero-order chi connectivity index (χ0) is 16.2. The highest BCUT2D eigenvalue weighted by molar-refractivity contribution is 5.73. The Balaban J connectivity index is 4.89. The predicted octanol–water partition coefficient (Wildman–Crippen LogP) is 4.44. The molecule has 0 saturated carbocycles. The second-order valence-electron chi connectivity index (χ2n) is 8.50. The first-order chi connectivity index (χ1) is 8.78. The summed E-state index contributed by atoms with van der Waals surface area (Å²) >= 11 is 0. The normalized spacial score (nSPS) is 15.1. The van der Waals surface area contributed by atoms with Crippen LogP contribution in [0, 0.1) is 16.7 Å². The summed E-state index contributed by atoms with van der Waals surface area (Å²) in [7, 11) is 0. The summed E-state index contributed by atoms with van der Waals surface area (Å²) in [5, 5.41) is 0. The van der Waals surface area contributed by atoms with Crippen molar-refractivity contribution in [3.63, 3.8) is 0 Å². The summed E-state index contributed by atoms with van der Waals surface area (Å²) in [6.45, 7) is 19.6. The van der Waals surface area contributed by atoms with E-state index < -0.39 is 5.60 Å². The van der Waals surface area contributed by atoms with Gasteiger partial charge in [0.05, 0.1) is 12.5 Å². The molecule has 0 aliphatic heterocycles. The van der Waals surface area contributed by atoms with Gasteiger partial charge in [-0.1, -0.05) is 41.5 Å². The van der Waals surface area contributed by atoms with Crippen molar-refractivity contribution in [2.45, 2.75) is 74.3 Å². The van der Waals surface area contributed by atoms with Crippen LogP contribution in [0.5, 0.6) is 0 Å². The lowest BCUT2D eigenvalue weighted by molar-refractivity contribution is -0.172. The third-order valence-electron chi connectivity index (χ3n) is 3.18. The number of carbonyl (C=O) groups excluding carboxylic acids is 1. The third kappa shape index (κ3) is 7.88. The van der Waals surface area contributed by atoms with Gasteiger partial charge in [0.1, 0.15) is 5.60 Å². The van der Waals surface area contributed by atoms with Crippen LogP contribution in [-0.2, 0) is 14.3 Å². The Labute approximate surface area is 125 Å². The highest BCUT2D eigenvalue weighted by Crippen LogP contribution is 2.37. The van der Waals surface area contributed by atoms with Crippen LogP contribution < -0.4 is 0 Å². The average molecular weight is 286 g/mol. The Morgan fingerprint density at radius 3 is 1.85 bits per heavy atom. The summed E-state index contributed by atoms with van der Waals surface area (Å²) in [6.07, 6.45) is 0.819. The van der Waals surface area contributed by atoms with Crippen LogP contribution in [0.3, 0.4) is 0 Å². The van der Waals surface area contributed by atoms with Gasteiger partial charge >= 0.3 is 5.97 Å². The lowest BCUT2D eigenvalue weighted by Crippen LogP contribution is -2.40. The maximum Gasteiger partial charge on any atom is 0.310 e. The van der Waals surface area contributed by atoms with Crippen LogP contribution in [-0.4, -0.2) is 24.8 Å². The van der Waals surface area contributed by atoms with Crippen molar-refractivity contribution in [2.24, 2.45) is 16.7 Å². The first-order valence-electron chi connectivity index (χ1n) is 7.59. The topological polar surface area (TPSA) is 35.5 Å². The number of rotatable bonds is 6. The molecule has 0 aliphatic rings. The maximum absolute atomic E-state index is 12.6. The van der Waals surface area contributed by atoms with Crippen molar-refractivity contribution in [2.75, 3.05) is 13.2 Å². The Morgan fingerprint density at radius 1 is 1.00 bits per heavy atom. The van der Waals surface area contributed by atoms with Crippen molar-refractivity contribution < 1.29 is 14.3 Å². The molecule has 0 fully saturated rings.